The summed E-state index contributed by atoms with van der Waals surface area (Å²) < 4.78 is 1.73. The second-order valence-corrected chi connectivity index (χ2v) is 8.06. The van der Waals surface area contributed by atoms with Crippen LogP contribution in [0.3, 0.4) is 0 Å². The molecule has 4 aromatic rings. The summed E-state index contributed by atoms with van der Waals surface area (Å²) in [5.74, 6) is -0.144. The van der Waals surface area contributed by atoms with Gasteiger partial charge in [-0.2, -0.15) is 0 Å². The van der Waals surface area contributed by atoms with Crippen molar-refractivity contribution < 1.29 is 9.59 Å². The van der Waals surface area contributed by atoms with Crippen molar-refractivity contribution in [1.82, 2.24) is 30.3 Å². The third kappa shape index (κ3) is 5.20. The molecule has 0 spiro atoms. The van der Waals surface area contributed by atoms with Gasteiger partial charge in [-0.3, -0.25) is 9.59 Å². The minimum absolute atomic E-state index is 0.0849. The van der Waals surface area contributed by atoms with Gasteiger partial charge in [-0.25, -0.2) is 14.6 Å². The predicted octanol–water partition coefficient (Wildman–Crippen LogP) is 3.30. The van der Waals surface area contributed by atoms with Gasteiger partial charge in [-0.1, -0.05) is 49.4 Å². The maximum atomic E-state index is 13.2. The van der Waals surface area contributed by atoms with Gasteiger partial charge in [0.2, 0.25) is 0 Å². The average Bonchev–Trinajstić information content (AvgIpc) is 3.32. The number of fused-ring (bicyclic) bond motifs is 1. The molecule has 0 aliphatic heterocycles. The van der Waals surface area contributed by atoms with Crippen molar-refractivity contribution in [2.24, 2.45) is 5.92 Å². The van der Waals surface area contributed by atoms with E-state index in [0.29, 0.717) is 24.6 Å². The van der Waals surface area contributed by atoms with Gasteiger partial charge in [0.15, 0.2) is 11.5 Å². The van der Waals surface area contributed by atoms with Crippen LogP contribution in [-0.4, -0.2) is 43.3 Å². The second kappa shape index (κ2) is 9.99. The quantitative estimate of drug-likeness (QED) is 0.432. The first kappa shape index (κ1) is 22.1. The lowest BCUT2D eigenvalue weighted by Crippen LogP contribution is -2.28. The molecule has 33 heavy (non-hydrogen) atoms. The number of hydrogen-bond donors (Lipinski definition) is 2. The number of nitrogens with one attached hydrogen (secondary N) is 2. The molecule has 0 bridgehead atoms. The molecule has 2 aromatic heterocycles. The van der Waals surface area contributed by atoms with E-state index in [-0.39, 0.29) is 23.3 Å². The SMILES string of the molecule is CC(C)CCNC(=O)c1nccnc1NC(=O)c1ccc(Cn2ccnn2)c2ccccc12. The van der Waals surface area contributed by atoms with Crippen LogP contribution in [0.1, 0.15) is 46.7 Å². The molecule has 0 atom stereocenters. The Labute approximate surface area is 191 Å². The second-order valence-electron chi connectivity index (χ2n) is 8.06. The van der Waals surface area contributed by atoms with Crippen LogP contribution in [0, 0.1) is 5.92 Å². The highest BCUT2D eigenvalue weighted by molar-refractivity contribution is 6.14. The Balaban J connectivity index is 1.59. The van der Waals surface area contributed by atoms with Crippen molar-refractivity contribution >= 4 is 28.4 Å². The van der Waals surface area contributed by atoms with Gasteiger partial charge < -0.3 is 10.6 Å². The first-order chi connectivity index (χ1) is 16.0. The maximum Gasteiger partial charge on any atom is 0.273 e. The van der Waals surface area contributed by atoms with E-state index in [1.54, 1.807) is 23.1 Å². The third-order valence-corrected chi connectivity index (χ3v) is 5.22. The molecule has 0 fully saturated rings. The Kier molecular flexibility index (Phi) is 6.68. The van der Waals surface area contributed by atoms with Crippen molar-refractivity contribution in [3.63, 3.8) is 0 Å². The summed E-state index contributed by atoms with van der Waals surface area (Å²) in [4.78, 5) is 34.1. The number of anilines is 1. The lowest BCUT2D eigenvalue weighted by Gasteiger charge is -2.13. The Morgan fingerprint density at radius 3 is 2.52 bits per heavy atom. The highest BCUT2D eigenvalue weighted by Gasteiger charge is 2.19. The standard InChI is InChI=1S/C24H25N7O2/c1-16(2)9-10-27-24(33)21-22(26-12-11-25-21)29-23(32)20-8-7-17(15-31-14-13-28-30-31)18-5-3-4-6-19(18)20/h3-8,11-14,16H,9-10,15H2,1-2H3,(H,27,33)(H,26,29,32). The summed E-state index contributed by atoms with van der Waals surface area (Å²) >= 11 is 0. The number of nitrogens with zero attached hydrogens (tertiary/aromatic N) is 5. The molecular weight excluding hydrogens is 418 g/mol. The number of hydrogen-bond acceptors (Lipinski definition) is 6. The van der Waals surface area contributed by atoms with E-state index in [0.717, 1.165) is 22.8 Å². The Bertz CT molecular complexity index is 1270. The fourth-order valence-corrected chi connectivity index (χ4v) is 3.52. The molecule has 2 aromatic carbocycles. The molecular formula is C24H25N7O2. The first-order valence-corrected chi connectivity index (χ1v) is 10.8. The number of benzene rings is 2. The first-order valence-electron chi connectivity index (χ1n) is 10.8. The molecule has 0 aliphatic carbocycles. The third-order valence-electron chi connectivity index (χ3n) is 5.22. The van der Waals surface area contributed by atoms with Gasteiger partial charge in [-0.15, -0.1) is 5.10 Å². The summed E-state index contributed by atoms with van der Waals surface area (Å²) in [7, 11) is 0. The molecule has 4 rings (SSSR count). The summed E-state index contributed by atoms with van der Waals surface area (Å²) in [6.45, 7) is 5.23. The number of amides is 2. The van der Waals surface area contributed by atoms with E-state index in [1.165, 1.54) is 12.4 Å². The van der Waals surface area contributed by atoms with E-state index in [2.05, 4.69) is 44.8 Å². The number of carbonyl (C=O) groups excluding carboxylic acids is 2. The van der Waals surface area contributed by atoms with Gasteiger partial charge in [0.1, 0.15) is 0 Å². The van der Waals surface area contributed by atoms with Crippen molar-refractivity contribution in [1.29, 1.82) is 0 Å². The Morgan fingerprint density at radius 1 is 0.970 bits per heavy atom. The van der Waals surface area contributed by atoms with Crippen LogP contribution in [0.15, 0.2) is 61.2 Å². The smallest absolute Gasteiger partial charge is 0.273 e. The summed E-state index contributed by atoms with van der Waals surface area (Å²) in [5, 5.41) is 15.2. The molecule has 0 aliphatic rings. The normalized spacial score (nSPS) is 11.0. The summed E-state index contributed by atoms with van der Waals surface area (Å²) in [6.07, 6.45) is 7.14. The number of rotatable bonds is 8. The Hall–Kier alpha value is -4.14. The van der Waals surface area contributed by atoms with Gasteiger partial charge >= 0.3 is 0 Å². The predicted molar refractivity (Wildman–Crippen MR) is 125 cm³/mol. The zero-order valence-electron chi connectivity index (χ0n) is 18.5. The Morgan fingerprint density at radius 2 is 1.76 bits per heavy atom. The van der Waals surface area contributed by atoms with Crippen molar-refractivity contribution in [2.75, 3.05) is 11.9 Å². The minimum Gasteiger partial charge on any atom is -0.351 e. The van der Waals surface area contributed by atoms with Crippen LogP contribution >= 0.6 is 0 Å². The molecule has 9 nitrogen and oxygen atoms in total. The maximum absolute atomic E-state index is 13.2. The minimum atomic E-state index is -0.368. The molecule has 168 valence electrons. The molecule has 2 heterocycles. The van der Waals surface area contributed by atoms with Crippen LogP contribution in [0.5, 0.6) is 0 Å². The fraction of sp³-hybridized carbons (Fsp3) is 0.250. The largest absolute Gasteiger partial charge is 0.351 e. The van der Waals surface area contributed by atoms with Gasteiger partial charge in [0.05, 0.1) is 12.7 Å². The van der Waals surface area contributed by atoms with Crippen molar-refractivity contribution in [3.8, 4) is 0 Å². The van der Waals surface area contributed by atoms with Crippen molar-refractivity contribution in [2.45, 2.75) is 26.8 Å². The lowest BCUT2D eigenvalue weighted by molar-refractivity contribution is 0.0947. The number of aromatic nitrogens is 5. The van der Waals surface area contributed by atoms with E-state index in [4.69, 9.17) is 0 Å². The van der Waals surface area contributed by atoms with Gasteiger partial charge in [-0.05, 0) is 34.7 Å². The number of carbonyl (C=O) groups is 2. The van der Waals surface area contributed by atoms with Gasteiger partial charge in [0, 0.05) is 30.7 Å². The molecule has 2 N–H and O–H groups in total. The summed E-state index contributed by atoms with van der Waals surface area (Å²) in [5.41, 5.74) is 1.57. The van der Waals surface area contributed by atoms with Crippen LogP contribution in [0.25, 0.3) is 10.8 Å². The highest BCUT2D eigenvalue weighted by atomic mass is 16.2. The fourth-order valence-electron chi connectivity index (χ4n) is 3.52. The zero-order valence-corrected chi connectivity index (χ0v) is 18.5. The van der Waals surface area contributed by atoms with Crippen LogP contribution < -0.4 is 10.6 Å². The molecule has 0 saturated heterocycles. The monoisotopic (exact) mass is 443 g/mol. The molecule has 0 radical (unpaired) electrons. The average molecular weight is 444 g/mol. The molecule has 9 heteroatoms. The van der Waals surface area contributed by atoms with E-state index >= 15 is 0 Å². The topological polar surface area (TPSA) is 115 Å². The molecule has 0 saturated carbocycles. The van der Waals surface area contributed by atoms with Crippen LogP contribution in [0.2, 0.25) is 0 Å². The highest BCUT2D eigenvalue weighted by Crippen LogP contribution is 2.24. The van der Waals surface area contributed by atoms with Crippen molar-refractivity contribution in [3.05, 3.63) is 78.0 Å². The van der Waals surface area contributed by atoms with E-state index < -0.39 is 0 Å². The summed E-state index contributed by atoms with van der Waals surface area (Å²) in [6, 6.07) is 11.3. The van der Waals surface area contributed by atoms with E-state index in [9.17, 15) is 9.59 Å². The molecule has 2 amide bonds. The van der Waals surface area contributed by atoms with Gasteiger partial charge in [0.25, 0.3) is 11.8 Å². The van der Waals surface area contributed by atoms with Crippen LogP contribution in [-0.2, 0) is 6.54 Å². The molecule has 0 unspecified atom stereocenters. The lowest BCUT2D eigenvalue weighted by atomic mass is 9.99. The van der Waals surface area contributed by atoms with Crippen LogP contribution in [0.4, 0.5) is 5.82 Å². The zero-order chi connectivity index (χ0) is 23.2. The van der Waals surface area contributed by atoms with E-state index in [1.807, 2.05) is 30.3 Å².